The molecule has 4 N–H and O–H groups in total. The molecule has 0 saturated carbocycles. The molecule has 0 aliphatic heterocycles. The van der Waals surface area contributed by atoms with Crippen LogP contribution < -0.4 is 16.4 Å². The third kappa shape index (κ3) is 3.07. The molecule has 0 atom stereocenters. The molecule has 0 bridgehead atoms. The molecular formula is C9H10ClN3OS. The van der Waals surface area contributed by atoms with Crippen molar-refractivity contribution in [3.05, 3.63) is 28.8 Å². The van der Waals surface area contributed by atoms with Gasteiger partial charge in [0.15, 0.2) is 5.11 Å². The highest BCUT2D eigenvalue weighted by atomic mass is 35.5. The third-order valence-electron chi connectivity index (χ3n) is 1.71. The molecule has 1 aromatic rings. The van der Waals surface area contributed by atoms with Crippen molar-refractivity contribution in [2.24, 2.45) is 5.73 Å². The molecule has 4 nitrogen and oxygen atoms in total. The van der Waals surface area contributed by atoms with Crippen LogP contribution in [0.2, 0.25) is 5.02 Å². The van der Waals surface area contributed by atoms with E-state index in [4.69, 9.17) is 17.3 Å². The Hall–Kier alpha value is -1.33. The largest absolute Gasteiger partial charge is 0.376 e. The number of carbonyl (C=O) groups excluding carboxylic acids is 1. The maximum Gasteiger partial charge on any atom is 0.252 e. The number of thiocarbonyl (C=S) groups is 1. The molecule has 0 unspecified atom stereocenters. The van der Waals surface area contributed by atoms with Crippen LogP contribution in [-0.4, -0.2) is 18.1 Å². The van der Waals surface area contributed by atoms with Gasteiger partial charge >= 0.3 is 0 Å². The summed E-state index contributed by atoms with van der Waals surface area (Å²) in [5.74, 6) is -0.234. The van der Waals surface area contributed by atoms with E-state index >= 15 is 0 Å². The van der Waals surface area contributed by atoms with Gasteiger partial charge in [0.05, 0.1) is 10.6 Å². The van der Waals surface area contributed by atoms with Gasteiger partial charge in [-0.05, 0) is 30.4 Å². The number of hydrogen-bond acceptors (Lipinski definition) is 2. The summed E-state index contributed by atoms with van der Waals surface area (Å²) in [4.78, 5) is 11.3. The lowest BCUT2D eigenvalue weighted by atomic mass is 10.2. The number of nitrogens with one attached hydrogen (secondary N) is 2. The number of anilines is 1. The first-order valence-electron chi connectivity index (χ1n) is 4.12. The fraction of sp³-hybridized carbons (Fsp3) is 0.111. The van der Waals surface area contributed by atoms with Crippen molar-refractivity contribution in [2.75, 3.05) is 12.4 Å². The second-order valence-electron chi connectivity index (χ2n) is 2.76. The Morgan fingerprint density at radius 1 is 1.53 bits per heavy atom. The minimum Gasteiger partial charge on any atom is -0.376 e. The van der Waals surface area contributed by atoms with Gasteiger partial charge in [-0.3, -0.25) is 4.79 Å². The minimum absolute atomic E-state index is 0.152. The van der Waals surface area contributed by atoms with Crippen LogP contribution in [-0.2, 0) is 0 Å². The number of halogens is 1. The molecule has 0 spiro atoms. The number of benzene rings is 1. The fourth-order valence-corrected chi connectivity index (χ4v) is 1.44. The highest BCUT2D eigenvalue weighted by Crippen LogP contribution is 2.20. The maximum atomic E-state index is 11.3. The maximum absolute atomic E-state index is 11.3. The molecule has 0 fully saturated rings. The van der Waals surface area contributed by atoms with Gasteiger partial charge in [-0.25, -0.2) is 0 Å². The molecule has 80 valence electrons. The first-order chi connectivity index (χ1) is 7.04. The zero-order chi connectivity index (χ0) is 11.4. The van der Waals surface area contributed by atoms with E-state index in [9.17, 15) is 4.79 Å². The summed E-state index contributed by atoms with van der Waals surface area (Å²) < 4.78 is 0. The second-order valence-corrected chi connectivity index (χ2v) is 3.61. The number of carbonyl (C=O) groups is 1. The topological polar surface area (TPSA) is 67.2 Å². The molecule has 0 aromatic heterocycles. The Bertz CT molecular complexity index is 408. The third-order valence-corrected chi connectivity index (χ3v) is 2.12. The van der Waals surface area contributed by atoms with Crippen molar-refractivity contribution in [1.82, 2.24) is 5.32 Å². The Kier molecular flexibility index (Phi) is 3.88. The molecule has 15 heavy (non-hydrogen) atoms. The summed E-state index contributed by atoms with van der Waals surface area (Å²) in [5, 5.41) is 5.71. The van der Waals surface area contributed by atoms with Crippen molar-refractivity contribution in [2.45, 2.75) is 0 Å². The molecule has 0 saturated heterocycles. The Balaban J connectivity index is 2.97. The van der Waals surface area contributed by atoms with Crippen LogP contribution in [0.3, 0.4) is 0 Å². The summed E-state index contributed by atoms with van der Waals surface area (Å²) in [5.41, 5.74) is 6.36. The lowest BCUT2D eigenvalue weighted by Gasteiger charge is -2.07. The van der Waals surface area contributed by atoms with E-state index in [1.54, 1.807) is 25.2 Å². The van der Waals surface area contributed by atoms with Crippen LogP contribution in [0.25, 0.3) is 0 Å². The highest BCUT2D eigenvalue weighted by Gasteiger charge is 2.08. The molecule has 0 aliphatic rings. The predicted octanol–water partition coefficient (Wildman–Crippen LogP) is 1.36. The molecule has 1 rings (SSSR count). The average Bonchev–Trinajstić information content (AvgIpc) is 2.16. The fourth-order valence-electron chi connectivity index (χ4n) is 1.05. The van der Waals surface area contributed by atoms with E-state index in [-0.39, 0.29) is 11.0 Å². The molecule has 0 heterocycles. The molecule has 0 radical (unpaired) electrons. The minimum atomic E-state index is -0.234. The smallest absolute Gasteiger partial charge is 0.252 e. The van der Waals surface area contributed by atoms with Gasteiger partial charge in [0.25, 0.3) is 5.91 Å². The predicted molar refractivity (Wildman–Crippen MR) is 65.3 cm³/mol. The zero-order valence-corrected chi connectivity index (χ0v) is 9.58. The van der Waals surface area contributed by atoms with Crippen LogP contribution in [0.5, 0.6) is 0 Å². The van der Waals surface area contributed by atoms with E-state index in [0.717, 1.165) is 0 Å². The van der Waals surface area contributed by atoms with E-state index in [1.807, 2.05) is 0 Å². The molecular weight excluding hydrogens is 234 g/mol. The number of rotatable bonds is 2. The van der Waals surface area contributed by atoms with Gasteiger partial charge in [-0.15, -0.1) is 0 Å². The normalized spacial score (nSPS) is 9.47. The Morgan fingerprint density at radius 3 is 2.67 bits per heavy atom. The molecule has 6 heteroatoms. The lowest BCUT2D eigenvalue weighted by molar-refractivity contribution is 0.0963. The highest BCUT2D eigenvalue weighted by molar-refractivity contribution is 7.80. The van der Waals surface area contributed by atoms with Crippen molar-refractivity contribution >= 4 is 40.5 Å². The van der Waals surface area contributed by atoms with E-state index < -0.39 is 0 Å². The van der Waals surface area contributed by atoms with Gasteiger partial charge in [0.1, 0.15) is 0 Å². The Morgan fingerprint density at radius 2 is 2.20 bits per heavy atom. The van der Waals surface area contributed by atoms with Gasteiger partial charge in [-0.2, -0.15) is 0 Å². The first kappa shape index (κ1) is 11.7. The van der Waals surface area contributed by atoms with E-state index in [1.165, 1.54) is 0 Å². The summed E-state index contributed by atoms with van der Waals surface area (Å²) in [6, 6.07) is 4.86. The summed E-state index contributed by atoms with van der Waals surface area (Å²) >= 11 is 10.6. The van der Waals surface area contributed by atoms with Gasteiger partial charge < -0.3 is 16.4 Å². The van der Waals surface area contributed by atoms with Crippen LogP contribution in [0.15, 0.2) is 18.2 Å². The van der Waals surface area contributed by atoms with Gasteiger partial charge in [0, 0.05) is 12.7 Å². The molecule has 1 aromatic carbocycles. The lowest BCUT2D eigenvalue weighted by Crippen LogP contribution is -2.20. The van der Waals surface area contributed by atoms with Crippen molar-refractivity contribution < 1.29 is 4.79 Å². The summed E-state index contributed by atoms with van der Waals surface area (Å²) in [7, 11) is 1.54. The van der Waals surface area contributed by atoms with Gasteiger partial charge in [-0.1, -0.05) is 11.6 Å². The SMILES string of the molecule is CNC(=O)c1ccc(NC(N)=S)cc1Cl. The number of amides is 1. The van der Waals surface area contributed by atoms with E-state index in [0.29, 0.717) is 16.3 Å². The quantitative estimate of drug-likeness (QED) is 0.686. The van der Waals surface area contributed by atoms with Crippen LogP contribution in [0.1, 0.15) is 10.4 Å². The second kappa shape index (κ2) is 4.95. The van der Waals surface area contributed by atoms with Crippen LogP contribution in [0, 0.1) is 0 Å². The average molecular weight is 244 g/mol. The van der Waals surface area contributed by atoms with Crippen molar-refractivity contribution in [1.29, 1.82) is 0 Å². The van der Waals surface area contributed by atoms with Crippen LogP contribution in [0.4, 0.5) is 5.69 Å². The first-order valence-corrected chi connectivity index (χ1v) is 4.91. The van der Waals surface area contributed by atoms with Crippen molar-refractivity contribution in [3.8, 4) is 0 Å². The Labute approximate surface area is 97.8 Å². The molecule has 1 amide bonds. The zero-order valence-electron chi connectivity index (χ0n) is 8.00. The summed E-state index contributed by atoms with van der Waals surface area (Å²) in [6.07, 6.45) is 0. The van der Waals surface area contributed by atoms with E-state index in [2.05, 4.69) is 22.9 Å². The monoisotopic (exact) mass is 243 g/mol. The molecule has 0 aliphatic carbocycles. The standard InChI is InChI=1S/C9H10ClN3OS/c1-12-8(14)6-3-2-5(4-7(6)10)13-9(11)15/h2-4H,1H3,(H,12,14)(H3,11,13,15). The number of hydrogen-bond donors (Lipinski definition) is 3. The van der Waals surface area contributed by atoms with Crippen molar-refractivity contribution in [3.63, 3.8) is 0 Å². The summed E-state index contributed by atoms with van der Waals surface area (Å²) in [6.45, 7) is 0. The van der Waals surface area contributed by atoms with Gasteiger partial charge in [0.2, 0.25) is 0 Å². The van der Waals surface area contributed by atoms with Crippen LogP contribution >= 0.6 is 23.8 Å². The number of nitrogens with two attached hydrogens (primary N) is 1.